The van der Waals surface area contributed by atoms with Crippen molar-refractivity contribution >= 4 is 5.97 Å². The molecule has 0 aliphatic heterocycles. The molecule has 88 valence electrons. The van der Waals surface area contributed by atoms with E-state index in [0.29, 0.717) is 5.56 Å². The number of rotatable bonds is 4. The van der Waals surface area contributed by atoms with E-state index in [1.165, 1.54) is 25.3 Å². The SMILES string of the molecule is COC(=O)CC(C)C(O)c1cccc(F)c1. The van der Waals surface area contributed by atoms with Gasteiger partial charge in [0.1, 0.15) is 5.82 Å². The van der Waals surface area contributed by atoms with Crippen LogP contribution in [0.1, 0.15) is 25.0 Å². The summed E-state index contributed by atoms with van der Waals surface area (Å²) >= 11 is 0. The molecule has 0 radical (unpaired) electrons. The molecule has 3 nitrogen and oxygen atoms in total. The van der Waals surface area contributed by atoms with Gasteiger partial charge in [0.25, 0.3) is 0 Å². The molecule has 0 spiro atoms. The summed E-state index contributed by atoms with van der Waals surface area (Å²) < 4.78 is 17.4. The maximum Gasteiger partial charge on any atom is 0.305 e. The van der Waals surface area contributed by atoms with Gasteiger partial charge in [-0.25, -0.2) is 4.39 Å². The van der Waals surface area contributed by atoms with Crippen molar-refractivity contribution in [2.75, 3.05) is 7.11 Å². The predicted molar refractivity (Wildman–Crippen MR) is 57.2 cm³/mol. The van der Waals surface area contributed by atoms with Gasteiger partial charge in [-0.1, -0.05) is 19.1 Å². The minimum absolute atomic E-state index is 0.105. The molecule has 0 aromatic heterocycles. The summed E-state index contributed by atoms with van der Waals surface area (Å²) in [5.41, 5.74) is 0.469. The molecule has 0 amide bonds. The highest BCUT2D eigenvalue weighted by Crippen LogP contribution is 2.24. The first-order valence-electron chi connectivity index (χ1n) is 5.05. The van der Waals surface area contributed by atoms with Crippen LogP contribution in [-0.2, 0) is 9.53 Å². The van der Waals surface area contributed by atoms with Gasteiger partial charge < -0.3 is 9.84 Å². The summed E-state index contributed by atoms with van der Waals surface area (Å²) in [7, 11) is 1.30. The Hall–Kier alpha value is -1.42. The highest BCUT2D eigenvalue weighted by Gasteiger charge is 2.20. The van der Waals surface area contributed by atoms with Gasteiger partial charge in [-0.15, -0.1) is 0 Å². The normalized spacial score (nSPS) is 14.2. The van der Waals surface area contributed by atoms with E-state index >= 15 is 0 Å². The molecule has 2 atom stereocenters. The van der Waals surface area contributed by atoms with Crippen molar-refractivity contribution in [2.24, 2.45) is 5.92 Å². The summed E-state index contributed by atoms with van der Waals surface area (Å²) in [4.78, 5) is 11.0. The zero-order valence-corrected chi connectivity index (χ0v) is 9.31. The Morgan fingerprint density at radius 1 is 1.56 bits per heavy atom. The molecule has 1 aromatic carbocycles. The molecule has 0 saturated heterocycles. The second-order valence-electron chi connectivity index (χ2n) is 3.76. The Bertz CT molecular complexity index is 365. The Morgan fingerprint density at radius 3 is 2.81 bits per heavy atom. The van der Waals surface area contributed by atoms with Crippen LogP contribution in [0.2, 0.25) is 0 Å². The molecule has 0 aliphatic rings. The summed E-state index contributed by atoms with van der Waals surface area (Å²) in [5.74, 6) is -1.10. The fraction of sp³-hybridized carbons (Fsp3) is 0.417. The molecule has 1 N–H and O–H groups in total. The quantitative estimate of drug-likeness (QED) is 0.799. The molecule has 2 unspecified atom stereocenters. The van der Waals surface area contributed by atoms with Gasteiger partial charge in [-0.3, -0.25) is 4.79 Å². The molecule has 0 saturated carbocycles. The molecule has 1 rings (SSSR count). The molecule has 0 fully saturated rings. The minimum Gasteiger partial charge on any atom is -0.469 e. The van der Waals surface area contributed by atoms with Crippen LogP contribution in [0.4, 0.5) is 4.39 Å². The van der Waals surface area contributed by atoms with Gasteiger partial charge in [0, 0.05) is 0 Å². The smallest absolute Gasteiger partial charge is 0.305 e. The third kappa shape index (κ3) is 3.31. The summed E-state index contributed by atoms with van der Waals surface area (Å²) in [6, 6.07) is 5.72. The summed E-state index contributed by atoms with van der Waals surface area (Å²) in [6.07, 6.45) is -0.761. The Morgan fingerprint density at radius 2 is 2.25 bits per heavy atom. The van der Waals surface area contributed by atoms with Crippen molar-refractivity contribution in [2.45, 2.75) is 19.4 Å². The lowest BCUT2D eigenvalue weighted by Gasteiger charge is -2.18. The van der Waals surface area contributed by atoms with E-state index in [9.17, 15) is 14.3 Å². The zero-order chi connectivity index (χ0) is 12.1. The van der Waals surface area contributed by atoms with E-state index in [0.717, 1.165) is 0 Å². The largest absolute Gasteiger partial charge is 0.469 e. The predicted octanol–water partition coefficient (Wildman–Crippen LogP) is 2.06. The van der Waals surface area contributed by atoms with Gasteiger partial charge in [0.15, 0.2) is 0 Å². The third-order valence-electron chi connectivity index (χ3n) is 2.45. The monoisotopic (exact) mass is 226 g/mol. The van der Waals surface area contributed by atoms with Crippen LogP contribution in [0, 0.1) is 11.7 Å². The van der Waals surface area contributed by atoms with Crippen LogP contribution in [0.5, 0.6) is 0 Å². The maximum absolute atomic E-state index is 12.9. The second-order valence-corrected chi connectivity index (χ2v) is 3.76. The van der Waals surface area contributed by atoms with E-state index < -0.39 is 11.9 Å². The fourth-order valence-electron chi connectivity index (χ4n) is 1.48. The van der Waals surface area contributed by atoms with Gasteiger partial charge in [-0.2, -0.15) is 0 Å². The van der Waals surface area contributed by atoms with Gasteiger partial charge in [0.05, 0.1) is 19.6 Å². The van der Waals surface area contributed by atoms with Crippen molar-refractivity contribution in [3.63, 3.8) is 0 Å². The average Bonchev–Trinajstić information content (AvgIpc) is 2.27. The molecule has 0 aliphatic carbocycles. The first kappa shape index (κ1) is 12.6. The number of aliphatic hydroxyl groups excluding tert-OH is 1. The number of hydrogen-bond donors (Lipinski definition) is 1. The lowest BCUT2D eigenvalue weighted by Crippen LogP contribution is -2.15. The van der Waals surface area contributed by atoms with Crippen LogP contribution in [0.25, 0.3) is 0 Å². The van der Waals surface area contributed by atoms with Crippen molar-refractivity contribution in [1.82, 2.24) is 0 Å². The number of hydrogen-bond acceptors (Lipinski definition) is 3. The molecule has 1 aromatic rings. The van der Waals surface area contributed by atoms with Crippen LogP contribution in [0.3, 0.4) is 0 Å². The van der Waals surface area contributed by atoms with Crippen LogP contribution in [-0.4, -0.2) is 18.2 Å². The highest BCUT2D eigenvalue weighted by atomic mass is 19.1. The zero-order valence-electron chi connectivity index (χ0n) is 9.31. The van der Waals surface area contributed by atoms with Gasteiger partial charge in [0.2, 0.25) is 0 Å². The maximum atomic E-state index is 12.9. The Balaban J connectivity index is 2.70. The van der Waals surface area contributed by atoms with E-state index in [1.54, 1.807) is 13.0 Å². The van der Waals surface area contributed by atoms with Crippen molar-refractivity contribution in [1.29, 1.82) is 0 Å². The van der Waals surface area contributed by atoms with Crippen molar-refractivity contribution in [3.05, 3.63) is 35.6 Å². The molecular weight excluding hydrogens is 211 g/mol. The van der Waals surface area contributed by atoms with Gasteiger partial charge >= 0.3 is 5.97 Å². The van der Waals surface area contributed by atoms with E-state index in [2.05, 4.69) is 4.74 Å². The van der Waals surface area contributed by atoms with Crippen molar-refractivity contribution in [3.8, 4) is 0 Å². The molecule has 0 bridgehead atoms. The number of carbonyl (C=O) groups is 1. The fourth-order valence-corrected chi connectivity index (χ4v) is 1.48. The van der Waals surface area contributed by atoms with E-state index in [4.69, 9.17) is 0 Å². The number of methoxy groups -OCH3 is 1. The third-order valence-corrected chi connectivity index (χ3v) is 2.45. The first-order valence-corrected chi connectivity index (χ1v) is 5.05. The molecule has 4 heteroatoms. The Labute approximate surface area is 93.9 Å². The number of benzene rings is 1. The number of carbonyl (C=O) groups excluding carboxylic acids is 1. The lowest BCUT2D eigenvalue weighted by atomic mass is 9.95. The number of ether oxygens (including phenoxy) is 1. The van der Waals surface area contributed by atoms with Crippen molar-refractivity contribution < 1.29 is 19.0 Å². The Kier molecular flexibility index (Phi) is 4.43. The number of aliphatic hydroxyl groups is 1. The first-order chi connectivity index (χ1) is 7.54. The van der Waals surface area contributed by atoms with Crippen LogP contribution < -0.4 is 0 Å². The van der Waals surface area contributed by atoms with E-state index in [1.807, 2.05) is 0 Å². The highest BCUT2D eigenvalue weighted by molar-refractivity contribution is 5.69. The second kappa shape index (κ2) is 5.61. The summed E-state index contributed by atoms with van der Waals surface area (Å²) in [5, 5.41) is 9.88. The van der Waals surface area contributed by atoms with Gasteiger partial charge in [-0.05, 0) is 23.6 Å². The molecule has 0 heterocycles. The minimum atomic E-state index is -0.866. The standard InChI is InChI=1S/C12H15FO3/c1-8(6-11(14)16-2)12(15)9-4-3-5-10(13)7-9/h3-5,7-8,12,15H,6H2,1-2H3. The number of esters is 1. The topological polar surface area (TPSA) is 46.5 Å². The molecule has 16 heavy (non-hydrogen) atoms. The van der Waals surface area contributed by atoms with Crippen LogP contribution in [0.15, 0.2) is 24.3 Å². The molecular formula is C12H15FO3. The summed E-state index contributed by atoms with van der Waals surface area (Å²) in [6.45, 7) is 1.71. The van der Waals surface area contributed by atoms with E-state index in [-0.39, 0.29) is 18.3 Å². The lowest BCUT2D eigenvalue weighted by molar-refractivity contribution is -0.142. The average molecular weight is 226 g/mol. The number of halogens is 1. The van der Waals surface area contributed by atoms with Crippen LogP contribution >= 0.6 is 0 Å².